The molecular weight excluding hydrogens is 188 g/mol. The van der Waals surface area contributed by atoms with Gasteiger partial charge in [-0.15, -0.1) is 0 Å². The standard InChI is InChI=1S/C12H12N2O/c15-12-9-5-1-2-6-10(9)14-8-4-3-7-11(14)13-12/h1-2,5-6H,3-4,7-8H2. The lowest BCUT2D eigenvalue weighted by Gasteiger charge is -2.19. The first-order valence-corrected chi connectivity index (χ1v) is 5.35. The predicted molar refractivity (Wildman–Crippen MR) is 58.9 cm³/mol. The molecule has 0 aliphatic carbocycles. The van der Waals surface area contributed by atoms with Crippen LogP contribution in [-0.2, 0) is 13.0 Å². The number of fused-ring (bicyclic) bond motifs is 3. The molecule has 0 spiro atoms. The molecule has 0 amide bonds. The Bertz CT molecular complexity index is 571. The quantitative estimate of drug-likeness (QED) is 0.649. The maximum Gasteiger partial charge on any atom is 0.280 e. The Balaban J connectivity index is 2.45. The van der Waals surface area contributed by atoms with E-state index < -0.39 is 0 Å². The molecule has 3 nitrogen and oxygen atoms in total. The molecular formula is C12H12N2O. The molecule has 1 aliphatic heterocycles. The molecule has 76 valence electrons. The highest BCUT2D eigenvalue weighted by molar-refractivity contribution is 5.78. The third-order valence-corrected chi connectivity index (χ3v) is 3.00. The second-order valence-corrected chi connectivity index (χ2v) is 3.96. The van der Waals surface area contributed by atoms with Gasteiger partial charge in [-0.05, 0) is 25.0 Å². The smallest absolute Gasteiger partial charge is 0.280 e. The van der Waals surface area contributed by atoms with Crippen LogP contribution in [0, 0.1) is 0 Å². The highest BCUT2D eigenvalue weighted by Gasteiger charge is 2.13. The third-order valence-electron chi connectivity index (χ3n) is 3.00. The molecule has 0 bridgehead atoms. The minimum absolute atomic E-state index is 0.0845. The number of hydrogen-bond acceptors (Lipinski definition) is 2. The van der Waals surface area contributed by atoms with Crippen LogP contribution in [0.15, 0.2) is 29.1 Å². The highest BCUT2D eigenvalue weighted by atomic mass is 16.1. The van der Waals surface area contributed by atoms with Gasteiger partial charge in [-0.2, -0.15) is 4.98 Å². The van der Waals surface area contributed by atoms with Gasteiger partial charge in [0.25, 0.3) is 5.56 Å². The van der Waals surface area contributed by atoms with Crippen molar-refractivity contribution in [3.63, 3.8) is 0 Å². The summed E-state index contributed by atoms with van der Waals surface area (Å²) < 4.78 is 2.18. The molecule has 0 N–H and O–H groups in total. The molecule has 15 heavy (non-hydrogen) atoms. The van der Waals surface area contributed by atoms with Gasteiger partial charge in [0.1, 0.15) is 5.82 Å². The van der Waals surface area contributed by atoms with Gasteiger partial charge in [0, 0.05) is 13.0 Å². The third kappa shape index (κ3) is 1.27. The van der Waals surface area contributed by atoms with E-state index in [-0.39, 0.29) is 5.56 Å². The van der Waals surface area contributed by atoms with Gasteiger partial charge in [-0.3, -0.25) is 4.79 Å². The van der Waals surface area contributed by atoms with Crippen molar-refractivity contribution in [2.24, 2.45) is 0 Å². The Morgan fingerprint density at radius 2 is 2.07 bits per heavy atom. The Kier molecular flexibility index (Phi) is 1.84. The molecule has 0 atom stereocenters. The first-order chi connectivity index (χ1) is 7.36. The zero-order valence-electron chi connectivity index (χ0n) is 8.44. The summed E-state index contributed by atoms with van der Waals surface area (Å²) >= 11 is 0. The lowest BCUT2D eigenvalue weighted by molar-refractivity contribution is 0.521. The Morgan fingerprint density at radius 3 is 3.00 bits per heavy atom. The fourth-order valence-electron chi connectivity index (χ4n) is 2.26. The lowest BCUT2D eigenvalue weighted by atomic mass is 10.1. The molecule has 2 heterocycles. The number of nitrogens with zero attached hydrogens (tertiary/aromatic N) is 2. The van der Waals surface area contributed by atoms with Crippen molar-refractivity contribution in [1.29, 1.82) is 0 Å². The van der Waals surface area contributed by atoms with Crippen LogP contribution < -0.4 is 5.56 Å². The van der Waals surface area contributed by atoms with Crippen LogP contribution in [0.2, 0.25) is 0 Å². The van der Waals surface area contributed by atoms with Crippen molar-refractivity contribution >= 4 is 10.9 Å². The summed E-state index contributed by atoms with van der Waals surface area (Å²) in [5.74, 6) is 0.949. The Hall–Kier alpha value is -1.64. The zero-order chi connectivity index (χ0) is 10.3. The summed E-state index contributed by atoms with van der Waals surface area (Å²) in [5, 5.41) is 0.739. The molecule has 0 saturated carbocycles. The fourth-order valence-corrected chi connectivity index (χ4v) is 2.26. The van der Waals surface area contributed by atoms with Crippen LogP contribution in [0.3, 0.4) is 0 Å². The summed E-state index contributed by atoms with van der Waals surface area (Å²) in [6.07, 6.45) is 3.26. The number of aromatic nitrogens is 2. The van der Waals surface area contributed by atoms with Crippen molar-refractivity contribution in [1.82, 2.24) is 9.55 Å². The molecule has 0 unspecified atom stereocenters. The summed E-state index contributed by atoms with van der Waals surface area (Å²) in [6.45, 7) is 0.989. The monoisotopic (exact) mass is 200 g/mol. The summed E-state index contributed by atoms with van der Waals surface area (Å²) in [4.78, 5) is 15.9. The molecule has 1 aliphatic rings. The van der Waals surface area contributed by atoms with Crippen molar-refractivity contribution < 1.29 is 0 Å². The van der Waals surface area contributed by atoms with Gasteiger partial charge in [0.2, 0.25) is 0 Å². The molecule has 2 aromatic rings. The van der Waals surface area contributed by atoms with Crippen LogP contribution in [0.4, 0.5) is 0 Å². The van der Waals surface area contributed by atoms with Gasteiger partial charge < -0.3 is 4.57 Å². The van der Waals surface area contributed by atoms with Gasteiger partial charge in [-0.1, -0.05) is 12.1 Å². The van der Waals surface area contributed by atoms with Crippen LogP contribution >= 0.6 is 0 Å². The van der Waals surface area contributed by atoms with Crippen molar-refractivity contribution in [2.45, 2.75) is 25.8 Å². The topological polar surface area (TPSA) is 34.9 Å². The van der Waals surface area contributed by atoms with Crippen LogP contribution in [0.1, 0.15) is 18.7 Å². The van der Waals surface area contributed by atoms with Gasteiger partial charge >= 0.3 is 0 Å². The van der Waals surface area contributed by atoms with Crippen molar-refractivity contribution in [3.05, 3.63) is 40.4 Å². The van der Waals surface area contributed by atoms with Crippen LogP contribution in [0.5, 0.6) is 0 Å². The van der Waals surface area contributed by atoms with E-state index >= 15 is 0 Å². The Morgan fingerprint density at radius 1 is 1.20 bits per heavy atom. The van der Waals surface area contributed by atoms with E-state index in [1.807, 2.05) is 24.3 Å². The molecule has 3 rings (SSSR count). The second kappa shape index (κ2) is 3.19. The molecule has 0 fully saturated rings. The van der Waals surface area contributed by atoms with E-state index in [1.54, 1.807) is 0 Å². The largest absolute Gasteiger partial charge is 0.329 e. The van der Waals surface area contributed by atoms with Crippen LogP contribution in [0.25, 0.3) is 10.9 Å². The number of benzene rings is 1. The van der Waals surface area contributed by atoms with Gasteiger partial charge in [-0.25, -0.2) is 0 Å². The maximum atomic E-state index is 11.7. The van der Waals surface area contributed by atoms with E-state index in [1.165, 1.54) is 6.42 Å². The first-order valence-electron chi connectivity index (χ1n) is 5.35. The molecule has 3 heteroatoms. The normalized spacial score (nSPS) is 15.2. The van der Waals surface area contributed by atoms with E-state index in [9.17, 15) is 4.79 Å². The van der Waals surface area contributed by atoms with Gasteiger partial charge in [0.15, 0.2) is 0 Å². The van der Waals surface area contributed by atoms with Crippen molar-refractivity contribution in [3.8, 4) is 0 Å². The average Bonchev–Trinajstić information content (AvgIpc) is 2.30. The Labute approximate surface area is 87.4 Å². The van der Waals surface area contributed by atoms with E-state index in [0.717, 1.165) is 36.1 Å². The lowest BCUT2D eigenvalue weighted by Crippen LogP contribution is -2.22. The SMILES string of the molecule is O=c1nc2n(c3ccccc13)CCCC2. The van der Waals surface area contributed by atoms with E-state index in [4.69, 9.17) is 0 Å². The summed E-state index contributed by atoms with van der Waals surface area (Å²) in [6, 6.07) is 7.73. The number of aryl methyl sites for hydroxylation is 2. The average molecular weight is 200 g/mol. The van der Waals surface area contributed by atoms with Gasteiger partial charge in [0.05, 0.1) is 10.9 Å². The van der Waals surface area contributed by atoms with Crippen LogP contribution in [-0.4, -0.2) is 9.55 Å². The van der Waals surface area contributed by atoms with E-state index in [2.05, 4.69) is 9.55 Å². The zero-order valence-corrected chi connectivity index (χ0v) is 8.44. The molecule has 1 aromatic heterocycles. The highest BCUT2D eigenvalue weighted by Crippen LogP contribution is 2.17. The number of rotatable bonds is 0. The number of hydrogen-bond donors (Lipinski definition) is 0. The minimum atomic E-state index is -0.0845. The number of para-hydroxylation sites is 1. The predicted octanol–water partition coefficient (Wildman–Crippen LogP) is 1.73. The van der Waals surface area contributed by atoms with Crippen molar-refractivity contribution in [2.75, 3.05) is 0 Å². The fraction of sp³-hybridized carbons (Fsp3) is 0.333. The first kappa shape index (κ1) is 8.65. The molecule has 0 radical (unpaired) electrons. The maximum absolute atomic E-state index is 11.7. The minimum Gasteiger partial charge on any atom is -0.329 e. The second-order valence-electron chi connectivity index (χ2n) is 3.96. The summed E-state index contributed by atoms with van der Waals surface area (Å²) in [5.41, 5.74) is 0.950. The van der Waals surface area contributed by atoms with E-state index in [0.29, 0.717) is 0 Å². The molecule has 1 aromatic carbocycles. The molecule has 0 saturated heterocycles. The summed E-state index contributed by atoms with van der Waals surface area (Å²) in [7, 11) is 0.